The van der Waals surface area contributed by atoms with E-state index >= 15 is 0 Å². The number of nitrogens with zero attached hydrogens (tertiary/aromatic N) is 1. The molecule has 0 aliphatic carbocycles. The predicted molar refractivity (Wildman–Crippen MR) is 121 cm³/mol. The van der Waals surface area contributed by atoms with Gasteiger partial charge in [0.1, 0.15) is 5.70 Å². The van der Waals surface area contributed by atoms with Crippen molar-refractivity contribution >= 4 is 28.8 Å². The van der Waals surface area contributed by atoms with Crippen molar-refractivity contribution in [2.24, 2.45) is 0 Å². The van der Waals surface area contributed by atoms with E-state index in [-0.39, 0.29) is 17.0 Å². The highest BCUT2D eigenvalue weighted by molar-refractivity contribution is 6.46. The minimum atomic E-state index is -1.13. The van der Waals surface area contributed by atoms with E-state index in [0.29, 0.717) is 17.2 Å². The summed E-state index contributed by atoms with van der Waals surface area (Å²) < 4.78 is 27.3. The van der Waals surface area contributed by atoms with Crippen LogP contribution in [0.2, 0.25) is 0 Å². The highest BCUT2D eigenvalue weighted by Crippen LogP contribution is 2.34. The van der Waals surface area contributed by atoms with E-state index in [2.05, 4.69) is 19.2 Å². The van der Waals surface area contributed by atoms with E-state index in [1.807, 2.05) is 43.3 Å². The van der Waals surface area contributed by atoms with Gasteiger partial charge in [0.15, 0.2) is 11.6 Å². The van der Waals surface area contributed by atoms with Crippen LogP contribution in [0.15, 0.2) is 72.4 Å². The van der Waals surface area contributed by atoms with Crippen LogP contribution in [0.3, 0.4) is 0 Å². The van der Waals surface area contributed by atoms with Crippen LogP contribution in [-0.4, -0.2) is 11.8 Å². The highest BCUT2D eigenvalue weighted by atomic mass is 19.2. The lowest BCUT2D eigenvalue weighted by molar-refractivity contribution is -0.120. The standard InChI is InChI=1S/C26H22F2N2O2/c1-15(2)17-8-10-19(11-9-17)29-24-23(18-6-4-16(3)5-7-18)25(31)30(26(24)32)20-12-13-21(27)22(28)14-20/h4-15,29H,1-3H3. The first-order valence-corrected chi connectivity index (χ1v) is 10.3. The maximum Gasteiger partial charge on any atom is 0.282 e. The summed E-state index contributed by atoms with van der Waals surface area (Å²) in [4.78, 5) is 27.5. The van der Waals surface area contributed by atoms with Crippen molar-refractivity contribution < 1.29 is 18.4 Å². The SMILES string of the molecule is Cc1ccc(C2=C(Nc3ccc(C(C)C)cc3)C(=O)N(c3ccc(F)c(F)c3)C2=O)cc1. The van der Waals surface area contributed by atoms with Crippen molar-refractivity contribution in [3.05, 3.63) is 101 Å². The summed E-state index contributed by atoms with van der Waals surface area (Å²) in [6.45, 7) is 6.08. The number of hydrogen-bond acceptors (Lipinski definition) is 3. The van der Waals surface area contributed by atoms with Crippen molar-refractivity contribution in [3.8, 4) is 0 Å². The first-order chi connectivity index (χ1) is 15.3. The Morgan fingerprint density at radius 2 is 1.47 bits per heavy atom. The molecule has 0 atom stereocenters. The molecule has 3 aromatic rings. The number of hydrogen-bond donors (Lipinski definition) is 1. The molecule has 0 radical (unpaired) electrons. The van der Waals surface area contributed by atoms with Crippen molar-refractivity contribution in [3.63, 3.8) is 0 Å². The first kappa shape index (κ1) is 21.4. The van der Waals surface area contributed by atoms with Crippen LogP contribution in [0.25, 0.3) is 5.57 Å². The second kappa shape index (κ2) is 8.38. The summed E-state index contributed by atoms with van der Waals surface area (Å²) >= 11 is 0. The fourth-order valence-corrected chi connectivity index (χ4v) is 3.59. The molecule has 3 aromatic carbocycles. The van der Waals surface area contributed by atoms with Gasteiger partial charge >= 0.3 is 0 Å². The number of halogens is 2. The van der Waals surface area contributed by atoms with Crippen molar-refractivity contribution in [2.75, 3.05) is 10.2 Å². The number of imide groups is 1. The van der Waals surface area contributed by atoms with Gasteiger partial charge in [-0.3, -0.25) is 9.59 Å². The smallest absolute Gasteiger partial charge is 0.282 e. The van der Waals surface area contributed by atoms with E-state index in [0.717, 1.165) is 28.2 Å². The maximum absolute atomic E-state index is 13.8. The van der Waals surface area contributed by atoms with Crippen LogP contribution in [0, 0.1) is 18.6 Å². The molecule has 0 saturated carbocycles. The van der Waals surface area contributed by atoms with Gasteiger partial charge in [-0.1, -0.05) is 55.8 Å². The summed E-state index contributed by atoms with van der Waals surface area (Å²) in [6.07, 6.45) is 0. The average molecular weight is 432 g/mol. The van der Waals surface area contributed by atoms with Gasteiger partial charge in [0.25, 0.3) is 11.8 Å². The Bertz CT molecular complexity index is 1230. The van der Waals surface area contributed by atoms with Gasteiger partial charge in [-0.15, -0.1) is 0 Å². The molecule has 0 aromatic heterocycles. The van der Waals surface area contributed by atoms with E-state index in [1.165, 1.54) is 6.07 Å². The van der Waals surface area contributed by atoms with E-state index in [4.69, 9.17) is 0 Å². The lowest BCUT2D eigenvalue weighted by atomic mass is 10.0. The van der Waals surface area contributed by atoms with Gasteiger partial charge in [-0.2, -0.15) is 0 Å². The molecule has 1 heterocycles. The molecule has 0 unspecified atom stereocenters. The summed E-state index contributed by atoms with van der Waals surface area (Å²) in [5.74, 6) is -3.07. The van der Waals surface area contributed by atoms with E-state index in [9.17, 15) is 18.4 Å². The predicted octanol–water partition coefficient (Wildman–Crippen LogP) is 5.79. The van der Waals surface area contributed by atoms with E-state index < -0.39 is 23.4 Å². The summed E-state index contributed by atoms with van der Waals surface area (Å²) in [6, 6.07) is 17.7. The first-order valence-electron chi connectivity index (χ1n) is 10.3. The summed E-state index contributed by atoms with van der Waals surface area (Å²) in [5, 5.41) is 3.08. The third-order valence-corrected chi connectivity index (χ3v) is 5.43. The maximum atomic E-state index is 13.8. The number of rotatable bonds is 5. The third kappa shape index (κ3) is 3.91. The van der Waals surface area contributed by atoms with Crippen molar-refractivity contribution in [1.29, 1.82) is 0 Å². The molecule has 32 heavy (non-hydrogen) atoms. The third-order valence-electron chi connectivity index (χ3n) is 5.43. The molecule has 1 aliphatic rings. The van der Waals surface area contributed by atoms with Gasteiger partial charge < -0.3 is 5.32 Å². The van der Waals surface area contributed by atoms with Gasteiger partial charge in [-0.05, 0) is 48.2 Å². The van der Waals surface area contributed by atoms with Gasteiger partial charge in [0, 0.05) is 11.8 Å². The number of carbonyl (C=O) groups is 2. The molecular formula is C26H22F2N2O2. The Morgan fingerprint density at radius 3 is 2.06 bits per heavy atom. The molecule has 4 nitrogen and oxygen atoms in total. The molecule has 0 spiro atoms. The number of amides is 2. The Balaban J connectivity index is 1.78. The number of nitrogens with one attached hydrogen (secondary N) is 1. The van der Waals surface area contributed by atoms with Crippen LogP contribution in [-0.2, 0) is 9.59 Å². The summed E-state index contributed by atoms with van der Waals surface area (Å²) in [7, 11) is 0. The minimum Gasteiger partial charge on any atom is -0.350 e. The molecule has 0 fully saturated rings. The van der Waals surface area contributed by atoms with Gasteiger partial charge in [0.05, 0.1) is 11.3 Å². The summed E-state index contributed by atoms with van der Waals surface area (Å²) in [5.41, 5.74) is 3.56. The zero-order chi connectivity index (χ0) is 23.0. The molecule has 1 N–H and O–H groups in total. The van der Waals surface area contributed by atoms with Crippen LogP contribution < -0.4 is 10.2 Å². The Morgan fingerprint density at radius 1 is 0.812 bits per heavy atom. The number of anilines is 2. The van der Waals surface area contributed by atoms with Crippen molar-refractivity contribution in [2.45, 2.75) is 26.7 Å². The number of aryl methyl sites for hydroxylation is 1. The fraction of sp³-hybridized carbons (Fsp3) is 0.154. The topological polar surface area (TPSA) is 49.4 Å². The quantitative estimate of drug-likeness (QED) is 0.519. The van der Waals surface area contributed by atoms with Crippen LogP contribution in [0.1, 0.15) is 36.5 Å². The minimum absolute atomic E-state index is 0.0320. The zero-order valence-corrected chi connectivity index (χ0v) is 17.9. The van der Waals surface area contributed by atoms with Crippen LogP contribution in [0.4, 0.5) is 20.2 Å². The molecule has 0 bridgehead atoms. The van der Waals surface area contributed by atoms with Gasteiger partial charge in [0.2, 0.25) is 0 Å². The second-order valence-electron chi connectivity index (χ2n) is 8.06. The van der Waals surface area contributed by atoms with Crippen molar-refractivity contribution in [1.82, 2.24) is 0 Å². The van der Waals surface area contributed by atoms with Crippen LogP contribution >= 0.6 is 0 Å². The normalized spacial score (nSPS) is 14.0. The van der Waals surface area contributed by atoms with Gasteiger partial charge in [-0.25, -0.2) is 13.7 Å². The molecule has 162 valence electrons. The lowest BCUT2D eigenvalue weighted by Crippen LogP contribution is -2.32. The van der Waals surface area contributed by atoms with E-state index in [1.54, 1.807) is 12.1 Å². The lowest BCUT2D eigenvalue weighted by Gasteiger charge is -2.16. The molecule has 2 amide bonds. The Labute approximate surface area is 185 Å². The average Bonchev–Trinajstić information content (AvgIpc) is 3.01. The molecule has 6 heteroatoms. The second-order valence-corrected chi connectivity index (χ2v) is 8.06. The molecule has 1 aliphatic heterocycles. The monoisotopic (exact) mass is 432 g/mol. The molecule has 0 saturated heterocycles. The number of benzene rings is 3. The largest absolute Gasteiger partial charge is 0.350 e. The van der Waals surface area contributed by atoms with Crippen LogP contribution in [0.5, 0.6) is 0 Å². The molecular weight excluding hydrogens is 410 g/mol. The Hall–Kier alpha value is -3.80. The Kier molecular flexibility index (Phi) is 5.61. The zero-order valence-electron chi connectivity index (χ0n) is 17.9. The molecule has 4 rings (SSSR count). The number of carbonyl (C=O) groups excluding carboxylic acids is 2. The fourth-order valence-electron chi connectivity index (χ4n) is 3.59. The highest BCUT2D eigenvalue weighted by Gasteiger charge is 2.40.